The second-order valence-electron chi connectivity index (χ2n) is 6.07. The van der Waals surface area contributed by atoms with Crippen LogP contribution in [-0.2, 0) is 15.4 Å². The molecule has 1 aromatic carbocycles. The summed E-state index contributed by atoms with van der Waals surface area (Å²) in [4.78, 5) is 0. The molecule has 0 amide bonds. The normalized spacial score (nSPS) is 36.9. The van der Waals surface area contributed by atoms with Crippen molar-refractivity contribution >= 4 is 9.84 Å². The third-order valence-electron chi connectivity index (χ3n) is 4.67. The smallest absolute Gasteiger partial charge is 0.156 e. The minimum Gasteiger partial charge on any atom is -0.385 e. The average molecular weight is 280 g/mol. The molecule has 2 aliphatic heterocycles. The summed E-state index contributed by atoms with van der Waals surface area (Å²) in [5.41, 5.74) is 1.01. The zero-order valence-electron chi connectivity index (χ0n) is 11.2. The summed E-state index contributed by atoms with van der Waals surface area (Å²) in [6.45, 7) is 1.99. The fourth-order valence-corrected chi connectivity index (χ4v) is 6.17. The maximum Gasteiger partial charge on any atom is 0.156 e. The van der Waals surface area contributed by atoms with Crippen molar-refractivity contribution < 1.29 is 13.5 Å². The summed E-state index contributed by atoms with van der Waals surface area (Å²) in [7, 11) is -3.01. The highest BCUT2D eigenvalue weighted by atomic mass is 32.2. The van der Waals surface area contributed by atoms with E-state index < -0.39 is 15.4 Å². The first-order chi connectivity index (χ1) is 8.92. The lowest BCUT2D eigenvalue weighted by atomic mass is 9.80. The van der Waals surface area contributed by atoms with Gasteiger partial charge in [-0.15, -0.1) is 0 Å². The summed E-state index contributed by atoms with van der Waals surface area (Å²) in [5, 5.41) is 10.2. The zero-order chi connectivity index (χ0) is 13.7. The van der Waals surface area contributed by atoms with Crippen LogP contribution in [0.25, 0.3) is 0 Å². The molecule has 2 unspecified atom stereocenters. The third kappa shape index (κ3) is 2.11. The predicted molar refractivity (Wildman–Crippen MR) is 74.7 cm³/mol. The van der Waals surface area contributed by atoms with Gasteiger partial charge in [0.1, 0.15) is 0 Å². The van der Waals surface area contributed by atoms with Crippen molar-refractivity contribution in [2.24, 2.45) is 0 Å². The Kier molecular flexibility index (Phi) is 2.98. The van der Waals surface area contributed by atoms with Gasteiger partial charge in [0.05, 0.1) is 16.1 Å². The molecule has 0 spiro atoms. The van der Waals surface area contributed by atoms with Gasteiger partial charge in [-0.2, -0.15) is 0 Å². The molecule has 4 heteroatoms. The van der Waals surface area contributed by atoms with Crippen LogP contribution in [0.4, 0.5) is 0 Å². The third-order valence-corrected chi connectivity index (χ3v) is 7.33. The van der Waals surface area contributed by atoms with Crippen molar-refractivity contribution in [1.82, 2.24) is 0 Å². The van der Waals surface area contributed by atoms with Crippen molar-refractivity contribution in [2.75, 3.05) is 0 Å². The van der Waals surface area contributed by atoms with Crippen molar-refractivity contribution in [3.63, 3.8) is 0 Å². The van der Waals surface area contributed by atoms with Gasteiger partial charge in [-0.3, -0.25) is 0 Å². The van der Waals surface area contributed by atoms with Crippen molar-refractivity contribution in [3.05, 3.63) is 35.4 Å². The van der Waals surface area contributed by atoms with E-state index in [9.17, 15) is 13.5 Å². The van der Waals surface area contributed by atoms with Crippen LogP contribution < -0.4 is 0 Å². The molecular weight excluding hydrogens is 260 g/mol. The summed E-state index contributed by atoms with van der Waals surface area (Å²) in [6.07, 6.45) is 3.09. The fourth-order valence-electron chi connectivity index (χ4n) is 3.62. The quantitative estimate of drug-likeness (QED) is 0.859. The lowest BCUT2D eigenvalue weighted by Gasteiger charge is -2.44. The monoisotopic (exact) mass is 280 g/mol. The Morgan fingerprint density at radius 2 is 1.84 bits per heavy atom. The first kappa shape index (κ1) is 13.1. The van der Waals surface area contributed by atoms with Crippen LogP contribution >= 0.6 is 0 Å². The van der Waals surface area contributed by atoms with Gasteiger partial charge in [-0.1, -0.05) is 36.2 Å². The number of sulfone groups is 1. The van der Waals surface area contributed by atoms with Gasteiger partial charge in [-0.05, 0) is 38.2 Å². The molecule has 2 atom stereocenters. The highest BCUT2D eigenvalue weighted by molar-refractivity contribution is 7.92. The summed E-state index contributed by atoms with van der Waals surface area (Å²) in [6, 6.07) is 7.82. The molecule has 1 aromatic rings. The molecule has 2 saturated heterocycles. The molecule has 0 saturated carbocycles. The molecule has 0 aromatic heterocycles. The lowest BCUT2D eigenvalue weighted by molar-refractivity contribution is 0.00496. The van der Waals surface area contributed by atoms with Crippen LogP contribution in [0.15, 0.2) is 24.3 Å². The number of fused-ring (bicyclic) bond motifs is 2. The van der Waals surface area contributed by atoms with Crippen LogP contribution in [-0.4, -0.2) is 24.0 Å². The molecule has 104 valence electrons. The minimum atomic E-state index is -3.01. The van der Waals surface area contributed by atoms with E-state index >= 15 is 0 Å². The van der Waals surface area contributed by atoms with Gasteiger partial charge in [0, 0.05) is 0 Å². The maximum absolute atomic E-state index is 12.3. The standard InChI is InChI=1S/C15H20O3S/c1-11-4-2-5-12(8-11)15(16)9-13-6-3-7-14(10-15)19(13,17)18/h2,4-5,8,13-14,16H,3,6-7,9-10H2,1H3. The van der Waals surface area contributed by atoms with Crippen molar-refractivity contribution in [2.45, 2.75) is 55.1 Å². The van der Waals surface area contributed by atoms with E-state index in [0.29, 0.717) is 25.7 Å². The lowest BCUT2D eigenvalue weighted by Crippen LogP contribution is -2.50. The van der Waals surface area contributed by atoms with Crippen LogP contribution in [0.2, 0.25) is 0 Å². The molecule has 2 fully saturated rings. The molecule has 0 radical (unpaired) electrons. The van der Waals surface area contributed by atoms with Crippen molar-refractivity contribution in [1.29, 1.82) is 0 Å². The number of aryl methyl sites for hydroxylation is 1. The van der Waals surface area contributed by atoms with E-state index in [2.05, 4.69) is 0 Å². The molecular formula is C15H20O3S. The van der Waals surface area contributed by atoms with Gasteiger partial charge in [0.25, 0.3) is 0 Å². The molecule has 1 N–H and O–H groups in total. The number of hydrogen-bond donors (Lipinski definition) is 1. The van der Waals surface area contributed by atoms with Gasteiger partial charge < -0.3 is 5.11 Å². The first-order valence-corrected chi connectivity index (χ1v) is 8.55. The Hall–Kier alpha value is -0.870. The summed E-state index contributed by atoms with van der Waals surface area (Å²) in [5.74, 6) is 0. The molecule has 0 aliphatic carbocycles. The first-order valence-electron chi connectivity index (χ1n) is 6.94. The number of hydrogen-bond acceptors (Lipinski definition) is 3. The Morgan fingerprint density at radius 3 is 2.42 bits per heavy atom. The second kappa shape index (κ2) is 4.32. The number of benzene rings is 1. The van der Waals surface area contributed by atoms with Crippen LogP contribution in [0.1, 0.15) is 43.2 Å². The van der Waals surface area contributed by atoms with Crippen LogP contribution in [0.5, 0.6) is 0 Å². The molecule has 2 aliphatic rings. The number of aliphatic hydroxyl groups is 1. The van der Waals surface area contributed by atoms with E-state index in [1.165, 1.54) is 0 Å². The molecule has 2 heterocycles. The maximum atomic E-state index is 12.3. The van der Waals surface area contributed by atoms with Gasteiger partial charge in [0.2, 0.25) is 0 Å². The largest absolute Gasteiger partial charge is 0.385 e. The number of rotatable bonds is 1. The van der Waals surface area contributed by atoms with Crippen LogP contribution in [0, 0.1) is 6.92 Å². The molecule has 3 rings (SSSR count). The SMILES string of the molecule is Cc1cccc(C2(O)CC3CCCC(C2)S3(=O)=O)c1. The summed E-state index contributed by atoms with van der Waals surface area (Å²) >= 11 is 0. The van der Waals surface area contributed by atoms with E-state index in [1.807, 2.05) is 31.2 Å². The van der Waals surface area contributed by atoms with Crippen molar-refractivity contribution in [3.8, 4) is 0 Å². The van der Waals surface area contributed by atoms with E-state index in [0.717, 1.165) is 17.5 Å². The second-order valence-corrected chi connectivity index (χ2v) is 8.58. The Balaban J connectivity index is 1.99. The van der Waals surface area contributed by atoms with Crippen LogP contribution in [0.3, 0.4) is 0 Å². The van der Waals surface area contributed by atoms with Gasteiger partial charge in [-0.25, -0.2) is 8.42 Å². The highest BCUT2D eigenvalue weighted by Gasteiger charge is 2.50. The molecule has 19 heavy (non-hydrogen) atoms. The average Bonchev–Trinajstić information content (AvgIpc) is 2.31. The Labute approximate surface area is 114 Å². The molecule has 2 bridgehead atoms. The zero-order valence-corrected chi connectivity index (χ0v) is 12.0. The fraction of sp³-hybridized carbons (Fsp3) is 0.600. The Bertz CT molecular complexity index is 571. The molecule has 3 nitrogen and oxygen atoms in total. The van der Waals surface area contributed by atoms with Gasteiger partial charge in [0.15, 0.2) is 9.84 Å². The highest BCUT2D eigenvalue weighted by Crippen LogP contribution is 2.46. The van der Waals surface area contributed by atoms with E-state index in [1.54, 1.807) is 0 Å². The minimum absolute atomic E-state index is 0.356. The summed E-state index contributed by atoms with van der Waals surface area (Å²) < 4.78 is 24.5. The van der Waals surface area contributed by atoms with Gasteiger partial charge >= 0.3 is 0 Å². The van der Waals surface area contributed by atoms with E-state index in [4.69, 9.17) is 0 Å². The topological polar surface area (TPSA) is 54.4 Å². The van der Waals surface area contributed by atoms with E-state index in [-0.39, 0.29) is 10.5 Å². The predicted octanol–water partition coefficient (Wildman–Crippen LogP) is 2.31. The Morgan fingerprint density at radius 1 is 1.21 bits per heavy atom.